The lowest BCUT2D eigenvalue weighted by atomic mass is 10.1. The molecule has 0 bridgehead atoms. The Kier molecular flexibility index (Phi) is 39.6. The van der Waals surface area contributed by atoms with Crippen molar-refractivity contribution in [1.82, 2.24) is 0 Å². The highest BCUT2D eigenvalue weighted by atomic mass is 16.6. The third-order valence-corrected chi connectivity index (χ3v) is 9.10. The highest BCUT2D eigenvalue weighted by molar-refractivity contribution is 5.71. The number of hydrogen-bond acceptors (Lipinski definition) is 6. The van der Waals surface area contributed by atoms with E-state index in [0.717, 1.165) is 83.5 Å². The Bertz CT molecular complexity index is 991. The van der Waals surface area contributed by atoms with Crippen LogP contribution in [0.3, 0.4) is 0 Å². The van der Waals surface area contributed by atoms with Gasteiger partial charge < -0.3 is 14.2 Å². The summed E-state index contributed by atoms with van der Waals surface area (Å²) in [6, 6.07) is 0. The number of rotatable bonds is 38. The van der Waals surface area contributed by atoms with E-state index in [0.29, 0.717) is 19.3 Å². The van der Waals surface area contributed by atoms with E-state index in [1.165, 1.54) is 77.0 Å². The van der Waals surface area contributed by atoms with Crippen LogP contribution in [-0.4, -0.2) is 37.2 Å². The summed E-state index contributed by atoms with van der Waals surface area (Å²) in [5.41, 5.74) is 0. The fraction of sp³-hybridized carbons (Fsp3) is 0.723. The average molecular weight is 741 g/mol. The van der Waals surface area contributed by atoms with Crippen molar-refractivity contribution in [3.63, 3.8) is 0 Å². The summed E-state index contributed by atoms with van der Waals surface area (Å²) in [6.45, 7) is 6.38. The normalized spacial score (nSPS) is 12.6. The number of carbonyl (C=O) groups excluding carboxylic acids is 3. The van der Waals surface area contributed by atoms with Gasteiger partial charge in [-0.05, 0) is 57.8 Å². The third-order valence-electron chi connectivity index (χ3n) is 9.10. The van der Waals surface area contributed by atoms with Gasteiger partial charge in [0.1, 0.15) is 13.2 Å². The molecule has 0 aromatic rings. The summed E-state index contributed by atoms with van der Waals surface area (Å²) in [5, 5.41) is 0. The summed E-state index contributed by atoms with van der Waals surface area (Å²) >= 11 is 0. The predicted octanol–water partition coefficient (Wildman–Crippen LogP) is 13.7. The molecule has 0 aliphatic rings. The first-order valence-electron chi connectivity index (χ1n) is 21.8. The van der Waals surface area contributed by atoms with Crippen LogP contribution < -0.4 is 0 Å². The predicted molar refractivity (Wildman–Crippen MR) is 224 cm³/mol. The van der Waals surface area contributed by atoms with Gasteiger partial charge in [0.2, 0.25) is 0 Å². The first kappa shape index (κ1) is 50.1. The zero-order valence-corrected chi connectivity index (χ0v) is 34.5. The molecule has 0 rings (SSSR count). The topological polar surface area (TPSA) is 78.9 Å². The average Bonchev–Trinajstić information content (AvgIpc) is 3.15. The van der Waals surface area contributed by atoms with Gasteiger partial charge in [0.05, 0.1) is 0 Å². The van der Waals surface area contributed by atoms with Gasteiger partial charge in [-0.1, -0.05) is 184 Å². The maximum absolute atomic E-state index is 12.7. The van der Waals surface area contributed by atoms with E-state index in [9.17, 15) is 14.4 Å². The number of carbonyl (C=O) groups is 3. The van der Waals surface area contributed by atoms with E-state index < -0.39 is 6.10 Å². The van der Waals surface area contributed by atoms with Crippen LogP contribution in [0.15, 0.2) is 60.8 Å². The number of esters is 3. The van der Waals surface area contributed by atoms with Crippen LogP contribution in [0.5, 0.6) is 0 Å². The van der Waals surface area contributed by atoms with Crippen LogP contribution in [0.2, 0.25) is 0 Å². The standard InChI is InChI=1S/C47H80O6/c1-4-7-10-13-16-19-21-22-23-24-26-28-31-34-37-40-46(49)52-43-44(42-51-45(48)39-36-33-30-27-18-15-12-9-6-3)53-47(50)41-38-35-32-29-25-20-17-14-11-8-5-2/h7,10,13-14,16-17,19-21,25,44H,4-6,8-9,11-12,15,18,22-24,26-43H2,1-3H3/b10-7-,16-13-,17-14-,21-19-,25-20-. The van der Waals surface area contributed by atoms with E-state index in [1.807, 2.05) is 0 Å². The number of hydrogen-bond donors (Lipinski definition) is 0. The maximum atomic E-state index is 12.7. The third kappa shape index (κ3) is 40.1. The van der Waals surface area contributed by atoms with Crippen molar-refractivity contribution in [2.24, 2.45) is 0 Å². The summed E-state index contributed by atoms with van der Waals surface area (Å²) < 4.78 is 16.6. The molecule has 0 spiro atoms. The van der Waals surface area contributed by atoms with Crippen LogP contribution in [0.25, 0.3) is 0 Å². The summed E-state index contributed by atoms with van der Waals surface area (Å²) in [4.78, 5) is 37.6. The Balaban J connectivity index is 4.40. The van der Waals surface area contributed by atoms with Gasteiger partial charge >= 0.3 is 17.9 Å². The van der Waals surface area contributed by atoms with Crippen molar-refractivity contribution in [2.75, 3.05) is 13.2 Å². The molecule has 304 valence electrons. The Morgan fingerprint density at radius 2 is 0.755 bits per heavy atom. The van der Waals surface area contributed by atoms with Gasteiger partial charge in [-0.3, -0.25) is 14.4 Å². The SMILES string of the molecule is CC\C=C/C=C\C=C/CCCCCCCCCC(=O)OCC(COC(=O)CCCCCCCCCCC)OC(=O)CCCCC/C=C\C=C/CCCC. The molecule has 53 heavy (non-hydrogen) atoms. The minimum Gasteiger partial charge on any atom is -0.462 e. The molecule has 1 atom stereocenters. The van der Waals surface area contributed by atoms with Crippen molar-refractivity contribution in [3.8, 4) is 0 Å². The molecule has 0 aromatic carbocycles. The molecule has 0 saturated heterocycles. The van der Waals surface area contributed by atoms with E-state index in [1.54, 1.807) is 0 Å². The minimum atomic E-state index is -0.787. The van der Waals surface area contributed by atoms with Crippen molar-refractivity contribution in [2.45, 2.75) is 207 Å². The first-order valence-corrected chi connectivity index (χ1v) is 21.8. The zero-order valence-electron chi connectivity index (χ0n) is 34.5. The zero-order chi connectivity index (χ0) is 38.7. The van der Waals surface area contributed by atoms with E-state index in [-0.39, 0.29) is 31.1 Å². The summed E-state index contributed by atoms with van der Waals surface area (Å²) in [7, 11) is 0. The molecule has 0 saturated carbocycles. The minimum absolute atomic E-state index is 0.0886. The van der Waals surface area contributed by atoms with Gasteiger partial charge in [0.15, 0.2) is 6.10 Å². The van der Waals surface area contributed by atoms with Crippen molar-refractivity contribution < 1.29 is 28.6 Å². The molecule has 0 aliphatic heterocycles. The Labute approximate surface area is 326 Å². The molecule has 0 heterocycles. The second-order valence-corrected chi connectivity index (χ2v) is 14.3. The summed E-state index contributed by atoms with van der Waals surface area (Å²) in [6.07, 6.45) is 49.2. The number of unbranched alkanes of at least 4 members (excludes halogenated alkanes) is 20. The van der Waals surface area contributed by atoms with Gasteiger partial charge in [-0.2, -0.15) is 0 Å². The van der Waals surface area contributed by atoms with Gasteiger partial charge in [-0.15, -0.1) is 0 Å². The molecule has 6 heteroatoms. The molecule has 0 aromatic heterocycles. The highest BCUT2D eigenvalue weighted by Gasteiger charge is 2.19. The monoisotopic (exact) mass is 741 g/mol. The van der Waals surface area contributed by atoms with Crippen molar-refractivity contribution in [3.05, 3.63) is 60.8 Å². The second kappa shape index (κ2) is 41.9. The van der Waals surface area contributed by atoms with Gasteiger partial charge in [0.25, 0.3) is 0 Å². The van der Waals surface area contributed by atoms with Crippen LogP contribution in [0.4, 0.5) is 0 Å². The van der Waals surface area contributed by atoms with Crippen molar-refractivity contribution >= 4 is 17.9 Å². The van der Waals surface area contributed by atoms with Crippen LogP contribution in [-0.2, 0) is 28.6 Å². The molecular weight excluding hydrogens is 661 g/mol. The molecule has 6 nitrogen and oxygen atoms in total. The smallest absolute Gasteiger partial charge is 0.306 e. The Morgan fingerprint density at radius 3 is 1.23 bits per heavy atom. The van der Waals surface area contributed by atoms with Gasteiger partial charge in [0, 0.05) is 19.3 Å². The second-order valence-electron chi connectivity index (χ2n) is 14.3. The lowest BCUT2D eigenvalue weighted by Gasteiger charge is -2.18. The van der Waals surface area contributed by atoms with Crippen molar-refractivity contribution in [1.29, 1.82) is 0 Å². The van der Waals surface area contributed by atoms with Gasteiger partial charge in [-0.25, -0.2) is 0 Å². The molecular formula is C47H80O6. The lowest BCUT2D eigenvalue weighted by Crippen LogP contribution is -2.30. The fourth-order valence-electron chi connectivity index (χ4n) is 5.77. The highest BCUT2D eigenvalue weighted by Crippen LogP contribution is 2.13. The fourth-order valence-corrected chi connectivity index (χ4v) is 5.77. The van der Waals surface area contributed by atoms with E-state index >= 15 is 0 Å². The van der Waals surface area contributed by atoms with E-state index in [4.69, 9.17) is 14.2 Å². The van der Waals surface area contributed by atoms with Crippen LogP contribution >= 0.6 is 0 Å². The van der Waals surface area contributed by atoms with Crippen LogP contribution in [0, 0.1) is 0 Å². The quantitative estimate of drug-likeness (QED) is 0.0271. The number of allylic oxidation sites excluding steroid dienone is 10. The molecule has 0 fully saturated rings. The summed E-state index contributed by atoms with van der Waals surface area (Å²) in [5.74, 6) is -0.938. The number of ether oxygens (including phenoxy) is 3. The Morgan fingerprint density at radius 1 is 0.396 bits per heavy atom. The molecule has 1 unspecified atom stereocenters. The first-order chi connectivity index (χ1) is 26.0. The molecule has 0 aliphatic carbocycles. The molecule has 0 radical (unpaired) electrons. The molecule has 0 amide bonds. The maximum Gasteiger partial charge on any atom is 0.306 e. The Hall–Kier alpha value is -2.89. The van der Waals surface area contributed by atoms with Crippen LogP contribution in [0.1, 0.15) is 201 Å². The largest absolute Gasteiger partial charge is 0.462 e. The van der Waals surface area contributed by atoms with E-state index in [2.05, 4.69) is 81.5 Å². The lowest BCUT2D eigenvalue weighted by molar-refractivity contribution is -0.167. The molecule has 0 N–H and O–H groups in total.